The van der Waals surface area contributed by atoms with Crippen molar-refractivity contribution in [2.24, 2.45) is 0 Å². The quantitative estimate of drug-likeness (QED) is 0.501. The predicted molar refractivity (Wildman–Crippen MR) is 118 cm³/mol. The van der Waals surface area contributed by atoms with Crippen LogP contribution in [0.2, 0.25) is 0 Å². The van der Waals surface area contributed by atoms with Crippen LogP contribution in [-0.4, -0.2) is 56.3 Å². The average Bonchev–Trinajstić information content (AvgIpc) is 3.21. The van der Waals surface area contributed by atoms with Crippen LogP contribution in [0.3, 0.4) is 0 Å². The number of unbranched alkanes of at least 4 members (excludes halogenated alkanes) is 2. The molecule has 1 fully saturated rings. The van der Waals surface area contributed by atoms with E-state index in [4.69, 9.17) is 9.47 Å². The summed E-state index contributed by atoms with van der Waals surface area (Å²) in [6, 6.07) is 8.33. The summed E-state index contributed by atoms with van der Waals surface area (Å²) in [5.74, 6) is 1.04. The molecule has 2 rings (SSSR count). The molecule has 0 saturated carbocycles. The number of nitrogens with one attached hydrogen (secondary N) is 1. The third kappa shape index (κ3) is 9.18. The van der Waals surface area contributed by atoms with Crippen LogP contribution in [-0.2, 0) is 16.0 Å². The maximum atomic E-state index is 12.6. The molecule has 0 aliphatic carbocycles. The monoisotopic (exact) mass is 404 g/mol. The first-order valence-corrected chi connectivity index (χ1v) is 11.1. The molecule has 1 N–H and O–H groups in total. The van der Waals surface area contributed by atoms with Crippen LogP contribution in [0, 0.1) is 0 Å². The predicted octanol–water partition coefficient (Wildman–Crippen LogP) is 4.19. The average molecular weight is 405 g/mol. The number of carbonyl (C=O) groups excluding carboxylic acids is 1. The molecule has 0 aromatic heterocycles. The van der Waals surface area contributed by atoms with Crippen LogP contribution in [0.15, 0.2) is 24.3 Å². The smallest absolute Gasteiger partial charge is 0.220 e. The van der Waals surface area contributed by atoms with Gasteiger partial charge in [0, 0.05) is 26.1 Å². The maximum absolute atomic E-state index is 12.6. The summed E-state index contributed by atoms with van der Waals surface area (Å²) < 4.78 is 10.7. The number of nitrogens with zero attached hydrogens (tertiary/aromatic N) is 1. The highest BCUT2D eigenvalue weighted by Crippen LogP contribution is 2.18. The molecule has 1 amide bonds. The molecule has 1 aromatic carbocycles. The number of carbonyl (C=O) groups is 1. The Hall–Kier alpha value is -1.59. The number of methoxy groups -OCH3 is 2. The lowest BCUT2D eigenvalue weighted by Gasteiger charge is -2.25. The van der Waals surface area contributed by atoms with Gasteiger partial charge < -0.3 is 19.7 Å². The van der Waals surface area contributed by atoms with E-state index in [0.717, 1.165) is 57.5 Å². The van der Waals surface area contributed by atoms with Gasteiger partial charge in [0.15, 0.2) is 0 Å². The molecule has 0 radical (unpaired) electrons. The Morgan fingerprint density at radius 2 is 1.79 bits per heavy atom. The minimum absolute atomic E-state index is 0.0680. The molecule has 1 atom stereocenters. The first-order chi connectivity index (χ1) is 13.9. The van der Waals surface area contributed by atoms with Crippen molar-refractivity contribution in [1.82, 2.24) is 10.2 Å². The molecular weight excluding hydrogens is 364 g/mol. The second kappa shape index (κ2) is 12.2. The lowest BCUT2D eigenvalue weighted by atomic mass is 10.00. The number of benzene rings is 1. The van der Waals surface area contributed by atoms with Crippen LogP contribution in [0.1, 0.15) is 64.4 Å². The van der Waals surface area contributed by atoms with Crippen LogP contribution >= 0.6 is 0 Å². The largest absolute Gasteiger partial charge is 0.497 e. The Labute approximate surface area is 177 Å². The Balaban J connectivity index is 1.79. The fraction of sp³-hybridized carbons (Fsp3) is 0.708. The van der Waals surface area contributed by atoms with E-state index < -0.39 is 0 Å². The van der Waals surface area contributed by atoms with Crippen molar-refractivity contribution in [1.29, 1.82) is 0 Å². The minimum atomic E-state index is -0.0680. The SMILES string of the molecule is COc1ccc(CC(CN2CCCC2)NC(=O)CCCCCC(C)(C)OC)cc1. The van der Waals surface area contributed by atoms with Crippen molar-refractivity contribution in [3.63, 3.8) is 0 Å². The van der Waals surface area contributed by atoms with E-state index in [0.29, 0.717) is 6.42 Å². The summed E-state index contributed by atoms with van der Waals surface area (Å²) in [5.41, 5.74) is 1.17. The van der Waals surface area contributed by atoms with E-state index in [1.54, 1.807) is 14.2 Å². The molecular formula is C24H40N2O3. The van der Waals surface area contributed by atoms with E-state index in [-0.39, 0.29) is 17.6 Å². The van der Waals surface area contributed by atoms with Gasteiger partial charge in [-0.1, -0.05) is 25.0 Å². The molecule has 1 aromatic rings. The zero-order chi connectivity index (χ0) is 21.1. The van der Waals surface area contributed by atoms with Gasteiger partial charge in [0.05, 0.1) is 12.7 Å². The number of hydrogen-bond donors (Lipinski definition) is 1. The maximum Gasteiger partial charge on any atom is 0.220 e. The van der Waals surface area contributed by atoms with Crippen molar-refractivity contribution in [2.75, 3.05) is 33.9 Å². The highest BCUT2D eigenvalue weighted by atomic mass is 16.5. The second-order valence-electron chi connectivity index (χ2n) is 8.85. The van der Waals surface area contributed by atoms with Gasteiger partial charge in [-0.3, -0.25) is 4.79 Å². The summed E-state index contributed by atoms with van der Waals surface area (Å²) in [4.78, 5) is 15.0. The van der Waals surface area contributed by atoms with E-state index >= 15 is 0 Å². The topological polar surface area (TPSA) is 50.8 Å². The van der Waals surface area contributed by atoms with E-state index in [9.17, 15) is 4.79 Å². The fourth-order valence-electron chi connectivity index (χ4n) is 3.90. The molecule has 1 aliphatic heterocycles. The molecule has 5 nitrogen and oxygen atoms in total. The Morgan fingerprint density at radius 1 is 1.10 bits per heavy atom. The van der Waals surface area contributed by atoms with Gasteiger partial charge in [-0.2, -0.15) is 0 Å². The van der Waals surface area contributed by atoms with Gasteiger partial charge in [-0.15, -0.1) is 0 Å². The number of hydrogen-bond acceptors (Lipinski definition) is 4. The lowest BCUT2D eigenvalue weighted by Crippen LogP contribution is -2.44. The summed E-state index contributed by atoms with van der Waals surface area (Å²) in [5, 5.41) is 3.30. The highest BCUT2D eigenvalue weighted by Gasteiger charge is 2.20. The number of amides is 1. The molecule has 29 heavy (non-hydrogen) atoms. The van der Waals surface area contributed by atoms with Gasteiger partial charge in [-0.05, 0) is 76.7 Å². The van der Waals surface area contributed by atoms with Crippen molar-refractivity contribution >= 4 is 5.91 Å². The van der Waals surface area contributed by atoms with Crippen LogP contribution in [0.4, 0.5) is 0 Å². The van der Waals surface area contributed by atoms with Crippen molar-refractivity contribution < 1.29 is 14.3 Å². The van der Waals surface area contributed by atoms with Gasteiger partial charge in [0.2, 0.25) is 5.91 Å². The zero-order valence-corrected chi connectivity index (χ0v) is 18.8. The van der Waals surface area contributed by atoms with Gasteiger partial charge >= 0.3 is 0 Å². The summed E-state index contributed by atoms with van der Waals surface area (Å²) in [7, 11) is 3.44. The third-order valence-electron chi connectivity index (χ3n) is 5.92. The van der Waals surface area contributed by atoms with Gasteiger partial charge in [0.1, 0.15) is 5.75 Å². The third-order valence-corrected chi connectivity index (χ3v) is 5.92. The Morgan fingerprint density at radius 3 is 2.41 bits per heavy atom. The fourth-order valence-corrected chi connectivity index (χ4v) is 3.90. The van der Waals surface area contributed by atoms with E-state index in [1.165, 1.54) is 18.4 Å². The van der Waals surface area contributed by atoms with Crippen molar-refractivity contribution in [3.05, 3.63) is 29.8 Å². The van der Waals surface area contributed by atoms with Gasteiger partial charge in [0.25, 0.3) is 0 Å². The standard InChI is InChI=1S/C24H40N2O3/c1-24(2,29-4)15-7-5-6-10-23(27)25-21(19-26-16-8-9-17-26)18-20-11-13-22(28-3)14-12-20/h11-14,21H,5-10,15-19H2,1-4H3,(H,25,27). The van der Waals surface area contributed by atoms with Crippen LogP contribution < -0.4 is 10.1 Å². The summed E-state index contributed by atoms with van der Waals surface area (Å²) in [6.07, 6.45) is 8.11. The van der Waals surface area contributed by atoms with Crippen molar-refractivity contribution in [2.45, 2.75) is 76.9 Å². The molecule has 0 bridgehead atoms. The zero-order valence-electron chi connectivity index (χ0n) is 18.8. The Kier molecular flexibility index (Phi) is 9.95. The normalized spacial score (nSPS) is 16.0. The van der Waals surface area contributed by atoms with E-state index in [2.05, 4.69) is 36.2 Å². The number of ether oxygens (including phenoxy) is 2. The van der Waals surface area contributed by atoms with Crippen molar-refractivity contribution in [3.8, 4) is 5.75 Å². The molecule has 1 heterocycles. The second-order valence-corrected chi connectivity index (χ2v) is 8.85. The van der Waals surface area contributed by atoms with Crippen LogP contribution in [0.25, 0.3) is 0 Å². The first kappa shape index (κ1) is 23.7. The van der Waals surface area contributed by atoms with E-state index in [1.807, 2.05) is 12.1 Å². The molecule has 1 aliphatic rings. The first-order valence-electron chi connectivity index (χ1n) is 11.1. The summed E-state index contributed by atoms with van der Waals surface area (Å²) >= 11 is 0. The minimum Gasteiger partial charge on any atom is -0.497 e. The molecule has 5 heteroatoms. The summed E-state index contributed by atoms with van der Waals surface area (Å²) in [6.45, 7) is 7.44. The molecule has 0 spiro atoms. The number of likely N-dealkylation sites (tertiary alicyclic amines) is 1. The Bertz CT molecular complexity index is 595. The molecule has 1 saturated heterocycles. The van der Waals surface area contributed by atoms with Crippen LogP contribution in [0.5, 0.6) is 5.75 Å². The van der Waals surface area contributed by atoms with Gasteiger partial charge in [-0.25, -0.2) is 0 Å². The lowest BCUT2D eigenvalue weighted by molar-refractivity contribution is -0.122. The number of rotatable bonds is 13. The molecule has 1 unspecified atom stereocenters. The highest BCUT2D eigenvalue weighted by molar-refractivity contribution is 5.76. The molecule has 164 valence electrons.